The first-order valence-corrected chi connectivity index (χ1v) is 7.13. The number of rotatable bonds is 3. The Balaban J connectivity index is 2.17. The summed E-state index contributed by atoms with van der Waals surface area (Å²) in [5.41, 5.74) is 1.69. The van der Waals surface area contributed by atoms with Gasteiger partial charge in [-0.15, -0.1) is 0 Å². The summed E-state index contributed by atoms with van der Waals surface area (Å²) in [6, 6.07) is 5.69. The SMILES string of the molecule is CN(Cc1cn[nH]c1)C(=O)c1cc(Br)ccc1I. The Hall–Kier alpha value is -0.890. The number of halogens is 2. The molecule has 1 N–H and O–H groups in total. The molecular weight excluding hydrogens is 409 g/mol. The molecule has 6 heteroatoms. The van der Waals surface area contributed by atoms with Crippen LogP contribution in [0.25, 0.3) is 0 Å². The predicted molar refractivity (Wildman–Crippen MR) is 81.2 cm³/mol. The third-order valence-corrected chi connectivity index (χ3v) is 3.91. The normalized spacial score (nSPS) is 10.4. The van der Waals surface area contributed by atoms with Crippen molar-refractivity contribution in [2.75, 3.05) is 7.05 Å². The van der Waals surface area contributed by atoms with Gasteiger partial charge in [-0.2, -0.15) is 5.10 Å². The van der Waals surface area contributed by atoms with E-state index in [9.17, 15) is 4.79 Å². The highest BCUT2D eigenvalue weighted by Gasteiger charge is 2.15. The molecule has 0 aliphatic carbocycles. The molecule has 0 bridgehead atoms. The number of hydrogen-bond donors (Lipinski definition) is 1. The lowest BCUT2D eigenvalue weighted by molar-refractivity contribution is 0.0784. The van der Waals surface area contributed by atoms with E-state index < -0.39 is 0 Å². The van der Waals surface area contributed by atoms with Crippen molar-refractivity contribution in [1.82, 2.24) is 15.1 Å². The minimum absolute atomic E-state index is 0.00176. The average molecular weight is 420 g/mol. The van der Waals surface area contributed by atoms with Gasteiger partial charge in [0.25, 0.3) is 5.91 Å². The van der Waals surface area contributed by atoms with E-state index in [-0.39, 0.29) is 5.91 Å². The van der Waals surface area contributed by atoms with E-state index in [2.05, 4.69) is 48.7 Å². The predicted octanol–water partition coefficient (Wildman–Crippen LogP) is 3.05. The zero-order chi connectivity index (χ0) is 13.1. The molecule has 4 nitrogen and oxygen atoms in total. The molecule has 0 unspecified atom stereocenters. The van der Waals surface area contributed by atoms with Crippen LogP contribution in [0.3, 0.4) is 0 Å². The zero-order valence-electron chi connectivity index (χ0n) is 9.65. The lowest BCUT2D eigenvalue weighted by atomic mass is 10.2. The maximum atomic E-state index is 12.3. The summed E-state index contributed by atoms with van der Waals surface area (Å²) < 4.78 is 1.85. The molecule has 0 aliphatic rings. The second kappa shape index (κ2) is 5.83. The topological polar surface area (TPSA) is 49.0 Å². The van der Waals surface area contributed by atoms with Crippen molar-refractivity contribution in [2.24, 2.45) is 0 Å². The summed E-state index contributed by atoms with van der Waals surface area (Å²) >= 11 is 5.55. The second-order valence-corrected chi connectivity index (χ2v) is 5.97. The molecule has 0 radical (unpaired) electrons. The molecule has 0 aliphatic heterocycles. The number of aromatic amines is 1. The number of aromatic nitrogens is 2. The lowest BCUT2D eigenvalue weighted by Gasteiger charge is -2.17. The van der Waals surface area contributed by atoms with Gasteiger partial charge in [0.1, 0.15) is 0 Å². The largest absolute Gasteiger partial charge is 0.337 e. The number of carbonyl (C=O) groups excluding carboxylic acids is 1. The van der Waals surface area contributed by atoms with Crippen molar-refractivity contribution in [2.45, 2.75) is 6.54 Å². The van der Waals surface area contributed by atoms with Crippen molar-refractivity contribution in [3.05, 3.63) is 49.8 Å². The Kier molecular flexibility index (Phi) is 4.39. The highest BCUT2D eigenvalue weighted by atomic mass is 127. The van der Waals surface area contributed by atoms with Gasteiger partial charge in [0.15, 0.2) is 0 Å². The molecule has 94 valence electrons. The van der Waals surface area contributed by atoms with E-state index in [1.165, 1.54) is 0 Å². The van der Waals surface area contributed by atoms with Gasteiger partial charge in [0.2, 0.25) is 0 Å². The number of H-pyrrole nitrogens is 1. The minimum atomic E-state index is 0.00176. The average Bonchev–Trinajstić information content (AvgIpc) is 2.84. The smallest absolute Gasteiger partial charge is 0.255 e. The van der Waals surface area contributed by atoms with E-state index in [4.69, 9.17) is 0 Å². The van der Waals surface area contributed by atoms with Crippen LogP contribution in [0.5, 0.6) is 0 Å². The van der Waals surface area contributed by atoms with Gasteiger partial charge in [0.05, 0.1) is 11.8 Å². The minimum Gasteiger partial charge on any atom is -0.337 e. The fourth-order valence-electron chi connectivity index (χ4n) is 1.58. The third kappa shape index (κ3) is 3.11. The Bertz CT molecular complexity index is 556. The van der Waals surface area contributed by atoms with Crippen molar-refractivity contribution in [3.8, 4) is 0 Å². The molecule has 1 aromatic heterocycles. The fourth-order valence-corrected chi connectivity index (χ4v) is 2.50. The van der Waals surface area contributed by atoms with Crippen LogP contribution in [-0.2, 0) is 6.54 Å². The highest BCUT2D eigenvalue weighted by Crippen LogP contribution is 2.20. The first kappa shape index (κ1) is 13.5. The summed E-state index contributed by atoms with van der Waals surface area (Å²) in [7, 11) is 1.78. The summed E-state index contributed by atoms with van der Waals surface area (Å²) in [6.45, 7) is 0.540. The zero-order valence-corrected chi connectivity index (χ0v) is 13.4. The van der Waals surface area contributed by atoms with Gasteiger partial charge in [0, 0.05) is 33.4 Å². The third-order valence-electron chi connectivity index (χ3n) is 2.48. The fraction of sp³-hybridized carbons (Fsp3) is 0.167. The first-order chi connectivity index (χ1) is 8.58. The second-order valence-electron chi connectivity index (χ2n) is 3.89. The molecule has 0 saturated carbocycles. The number of nitrogens with zero attached hydrogens (tertiary/aromatic N) is 2. The number of nitrogens with one attached hydrogen (secondary N) is 1. The van der Waals surface area contributed by atoms with E-state index in [1.807, 2.05) is 18.2 Å². The quantitative estimate of drug-likeness (QED) is 0.777. The maximum Gasteiger partial charge on any atom is 0.255 e. The molecule has 0 fully saturated rings. The van der Waals surface area contributed by atoms with Crippen LogP contribution in [0.2, 0.25) is 0 Å². The van der Waals surface area contributed by atoms with E-state index in [0.29, 0.717) is 12.1 Å². The molecule has 1 aromatic carbocycles. The lowest BCUT2D eigenvalue weighted by Crippen LogP contribution is -2.26. The summed E-state index contributed by atoms with van der Waals surface area (Å²) in [4.78, 5) is 14.0. The van der Waals surface area contributed by atoms with Crippen LogP contribution < -0.4 is 0 Å². The van der Waals surface area contributed by atoms with Gasteiger partial charge in [-0.05, 0) is 40.8 Å². The molecule has 0 saturated heterocycles. The van der Waals surface area contributed by atoms with Crippen LogP contribution in [0.4, 0.5) is 0 Å². The number of hydrogen-bond acceptors (Lipinski definition) is 2. The van der Waals surface area contributed by atoms with Gasteiger partial charge in [-0.3, -0.25) is 9.89 Å². The summed E-state index contributed by atoms with van der Waals surface area (Å²) in [6.07, 6.45) is 3.51. The van der Waals surface area contributed by atoms with Gasteiger partial charge in [-0.1, -0.05) is 15.9 Å². The first-order valence-electron chi connectivity index (χ1n) is 5.26. The summed E-state index contributed by atoms with van der Waals surface area (Å²) in [5.74, 6) is 0.00176. The van der Waals surface area contributed by atoms with E-state index in [1.54, 1.807) is 24.3 Å². The van der Waals surface area contributed by atoms with Gasteiger partial charge in [-0.25, -0.2) is 0 Å². The van der Waals surface area contributed by atoms with Crippen molar-refractivity contribution in [1.29, 1.82) is 0 Å². The number of carbonyl (C=O) groups is 1. The van der Waals surface area contributed by atoms with Gasteiger partial charge >= 0.3 is 0 Å². The standard InChI is InChI=1S/C12H11BrIN3O/c1-17(7-8-5-15-16-6-8)12(18)10-4-9(13)2-3-11(10)14/h2-6H,7H2,1H3,(H,15,16). The molecular formula is C12H11BrIN3O. The van der Waals surface area contributed by atoms with Crippen LogP contribution >= 0.6 is 38.5 Å². The van der Waals surface area contributed by atoms with Crippen LogP contribution in [0.15, 0.2) is 35.1 Å². The molecule has 1 amide bonds. The van der Waals surface area contributed by atoms with E-state index in [0.717, 1.165) is 13.6 Å². The van der Waals surface area contributed by atoms with Crippen molar-refractivity contribution >= 4 is 44.4 Å². The molecule has 0 spiro atoms. The monoisotopic (exact) mass is 419 g/mol. The molecule has 0 atom stereocenters. The highest BCUT2D eigenvalue weighted by molar-refractivity contribution is 14.1. The maximum absolute atomic E-state index is 12.3. The van der Waals surface area contributed by atoms with Crippen LogP contribution in [-0.4, -0.2) is 28.1 Å². The Morgan fingerprint density at radius 1 is 1.56 bits per heavy atom. The Morgan fingerprint density at radius 2 is 2.33 bits per heavy atom. The van der Waals surface area contributed by atoms with Crippen LogP contribution in [0, 0.1) is 3.57 Å². The van der Waals surface area contributed by atoms with Crippen molar-refractivity contribution < 1.29 is 4.79 Å². The Morgan fingerprint density at radius 3 is 3.00 bits per heavy atom. The van der Waals surface area contributed by atoms with E-state index >= 15 is 0 Å². The van der Waals surface area contributed by atoms with Crippen LogP contribution in [0.1, 0.15) is 15.9 Å². The van der Waals surface area contributed by atoms with Gasteiger partial charge < -0.3 is 4.90 Å². The Labute approximate surface area is 127 Å². The molecule has 2 rings (SSSR count). The van der Waals surface area contributed by atoms with Crippen molar-refractivity contribution in [3.63, 3.8) is 0 Å². The number of benzene rings is 1. The molecule has 2 aromatic rings. The molecule has 18 heavy (non-hydrogen) atoms. The molecule has 1 heterocycles. The summed E-state index contributed by atoms with van der Waals surface area (Å²) in [5, 5.41) is 6.60. The number of amides is 1.